The van der Waals surface area contributed by atoms with Crippen molar-refractivity contribution in [1.82, 2.24) is 9.80 Å². The second kappa shape index (κ2) is 8.37. The lowest BCUT2D eigenvalue weighted by molar-refractivity contribution is -0.135. The van der Waals surface area contributed by atoms with Crippen molar-refractivity contribution in [1.29, 1.82) is 0 Å². The van der Waals surface area contributed by atoms with Crippen molar-refractivity contribution in [2.45, 2.75) is 32.7 Å². The fourth-order valence-electron chi connectivity index (χ4n) is 4.02. The van der Waals surface area contributed by atoms with Gasteiger partial charge < -0.3 is 10.2 Å². The lowest BCUT2D eigenvalue weighted by Crippen LogP contribution is -2.52. The average molecular weight is 392 g/mol. The van der Waals surface area contributed by atoms with Gasteiger partial charge in [0, 0.05) is 37.8 Å². The van der Waals surface area contributed by atoms with Crippen LogP contribution in [0.25, 0.3) is 0 Å². The first-order valence-corrected chi connectivity index (χ1v) is 10.5. The highest BCUT2D eigenvalue weighted by atomic mass is 16.2. The largest absolute Gasteiger partial charge is 0.340 e. The van der Waals surface area contributed by atoms with Gasteiger partial charge in [-0.3, -0.25) is 14.5 Å². The number of carbonyl (C=O) groups excluding carboxylic acids is 2. The number of nitrogens with zero attached hydrogens (tertiary/aromatic N) is 2. The topological polar surface area (TPSA) is 52.7 Å². The van der Waals surface area contributed by atoms with Crippen LogP contribution in [0.3, 0.4) is 0 Å². The minimum Gasteiger partial charge on any atom is -0.340 e. The Bertz CT molecular complexity index is 884. The van der Waals surface area contributed by atoms with Crippen molar-refractivity contribution in [3.8, 4) is 0 Å². The molecular weight excluding hydrogens is 362 g/mol. The van der Waals surface area contributed by atoms with Crippen LogP contribution in [0, 0.1) is 19.8 Å². The Morgan fingerprint density at radius 2 is 1.66 bits per heavy atom. The van der Waals surface area contributed by atoms with Gasteiger partial charge in [0.15, 0.2) is 0 Å². The van der Waals surface area contributed by atoms with Gasteiger partial charge in [-0.2, -0.15) is 0 Å². The predicted molar refractivity (Wildman–Crippen MR) is 115 cm³/mol. The molecule has 1 atom stereocenters. The van der Waals surface area contributed by atoms with Crippen LogP contribution in [0.4, 0.5) is 5.69 Å². The number of hydrogen-bond donors (Lipinski definition) is 1. The summed E-state index contributed by atoms with van der Waals surface area (Å²) < 4.78 is 0. The summed E-state index contributed by atoms with van der Waals surface area (Å²) >= 11 is 0. The van der Waals surface area contributed by atoms with Crippen LogP contribution in [0.5, 0.6) is 0 Å². The number of carbonyl (C=O) groups is 2. The number of rotatable bonds is 5. The minimum atomic E-state index is -0.366. The Labute approximate surface area is 172 Å². The molecule has 2 aromatic carbocycles. The number of benzene rings is 2. The van der Waals surface area contributed by atoms with Crippen LogP contribution in [-0.2, 0) is 9.59 Å². The molecule has 0 bridgehead atoms. The number of hydrogen-bond acceptors (Lipinski definition) is 3. The summed E-state index contributed by atoms with van der Waals surface area (Å²) in [6.45, 7) is 6.83. The van der Waals surface area contributed by atoms with E-state index in [1.165, 1.54) is 0 Å². The summed E-state index contributed by atoms with van der Waals surface area (Å²) in [5.41, 5.74) is 4.01. The molecule has 0 spiro atoms. The molecule has 2 aromatic rings. The van der Waals surface area contributed by atoms with Gasteiger partial charge in [0.2, 0.25) is 11.8 Å². The fraction of sp³-hybridized carbons (Fsp3) is 0.417. The summed E-state index contributed by atoms with van der Waals surface area (Å²) in [6, 6.07) is 15.7. The summed E-state index contributed by atoms with van der Waals surface area (Å²) in [4.78, 5) is 29.9. The average Bonchev–Trinajstić information content (AvgIpc) is 3.57. The second-order valence-corrected chi connectivity index (χ2v) is 8.26. The smallest absolute Gasteiger partial charge is 0.246 e. The highest BCUT2D eigenvalue weighted by molar-refractivity contribution is 5.96. The van der Waals surface area contributed by atoms with Gasteiger partial charge in [0.1, 0.15) is 6.04 Å². The van der Waals surface area contributed by atoms with E-state index in [-0.39, 0.29) is 17.9 Å². The molecule has 1 aliphatic heterocycles. The van der Waals surface area contributed by atoms with Gasteiger partial charge in [-0.15, -0.1) is 0 Å². The molecular formula is C24H29N3O2. The van der Waals surface area contributed by atoms with Crippen molar-refractivity contribution < 1.29 is 9.59 Å². The molecule has 0 aromatic heterocycles. The lowest BCUT2D eigenvalue weighted by Gasteiger charge is -2.39. The van der Waals surface area contributed by atoms with Gasteiger partial charge in [0.05, 0.1) is 0 Å². The van der Waals surface area contributed by atoms with E-state index in [4.69, 9.17) is 0 Å². The predicted octanol–water partition coefficient (Wildman–Crippen LogP) is 3.54. The summed E-state index contributed by atoms with van der Waals surface area (Å²) in [5.74, 6) is 0.520. The first-order chi connectivity index (χ1) is 14.0. The van der Waals surface area contributed by atoms with Crippen molar-refractivity contribution in [2.75, 3.05) is 31.5 Å². The Morgan fingerprint density at radius 3 is 2.31 bits per heavy atom. The third kappa shape index (κ3) is 4.51. The minimum absolute atomic E-state index is 0.0214. The molecule has 1 aliphatic carbocycles. The molecule has 29 heavy (non-hydrogen) atoms. The maximum absolute atomic E-state index is 13.4. The quantitative estimate of drug-likeness (QED) is 0.848. The molecule has 1 N–H and O–H groups in total. The van der Waals surface area contributed by atoms with Crippen LogP contribution < -0.4 is 5.32 Å². The number of anilines is 1. The summed E-state index contributed by atoms with van der Waals surface area (Å²) in [6.07, 6.45) is 2.06. The van der Waals surface area contributed by atoms with Crippen molar-refractivity contribution >= 4 is 17.5 Å². The lowest BCUT2D eigenvalue weighted by atomic mass is 10.0. The third-order valence-electron chi connectivity index (χ3n) is 5.93. The van der Waals surface area contributed by atoms with E-state index < -0.39 is 0 Å². The zero-order valence-corrected chi connectivity index (χ0v) is 17.2. The summed E-state index contributed by atoms with van der Waals surface area (Å²) in [7, 11) is 0. The van der Waals surface area contributed by atoms with E-state index in [0.29, 0.717) is 32.1 Å². The van der Waals surface area contributed by atoms with E-state index in [9.17, 15) is 9.59 Å². The zero-order valence-electron chi connectivity index (χ0n) is 17.2. The molecule has 0 radical (unpaired) electrons. The highest BCUT2D eigenvalue weighted by Gasteiger charge is 2.37. The molecule has 0 unspecified atom stereocenters. The molecule has 1 heterocycles. The van der Waals surface area contributed by atoms with E-state index in [2.05, 4.69) is 16.3 Å². The molecule has 2 amide bonds. The molecule has 1 saturated heterocycles. The molecule has 5 heteroatoms. The van der Waals surface area contributed by atoms with Gasteiger partial charge in [-0.25, -0.2) is 0 Å². The van der Waals surface area contributed by atoms with E-state index in [1.54, 1.807) is 0 Å². The van der Waals surface area contributed by atoms with Crippen molar-refractivity contribution in [3.63, 3.8) is 0 Å². The second-order valence-electron chi connectivity index (χ2n) is 8.26. The van der Waals surface area contributed by atoms with E-state index in [0.717, 1.165) is 35.2 Å². The van der Waals surface area contributed by atoms with E-state index >= 15 is 0 Å². The van der Waals surface area contributed by atoms with Crippen LogP contribution in [0.15, 0.2) is 48.5 Å². The number of piperazine rings is 1. The van der Waals surface area contributed by atoms with Crippen molar-refractivity contribution in [3.05, 3.63) is 65.2 Å². The van der Waals surface area contributed by atoms with E-state index in [1.807, 2.05) is 61.2 Å². The van der Waals surface area contributed by atoms with Crippen LogP contribution in [0.1, 0.15) is 35.6 Å². The molecule has 1 saturated carbocycles. The molecule has 2 fully saturated rings. The van der Waals surface area contributed by atoms with Crippen LogP contribution in [-0.4, -0.2) is 47.8 Å². The Kier molecular flexibility index (Phi) is 5.67. The Morgan fingerprint density at radius 1 is 0.966 bits per heavy atom. The highest BCUT2D eigenvalue weighted by Crippen LogP contribution is 2.32. The standard InChI is InChI=1S/C24H29N3O2/c1-17-8-9-18(2)21(16-17)25-23(28)22(19-6-4-3-5-7-19)26-12-14-27(15-13-26)24(29)20-10-11-20/h3-9,16,20,22H,10-15H2,1-2H3,(H,25,28)/t22-/m0/s1. The number of aryl methyl sites for hydroxylation is 2. The van der Waals surface area contributed by atoms with Gasteiger partial charge >= 0.3 is 0 Å². The van der Waals surface area contributed by atoms with Crippen molar-refractivity contribution in [2.24, 2.45) is 5.92 Å². The number of amides is 2. The normalized spacial score (nSPS) is 18.3. The Hall–Kier alpha value is -2.66. The SMILES string of the molecule is Cc1ccc(C)c(NC(=O)[C@H](c2ccccc2)N2CCN(C(=O)C3CC3)CC2)c1. The fourth-order valence-corrected chi connectivity index (χ4v) is 4.02. The van der Waals surface area contributed by atoms with Crippen LogP contribution in [0.2, 0.25) is 0 Å². The first-order valence-electron chi connectivity index (χ1n) is 10.5. The third-order valence-corrected chi connectivity index (χ3v) is 5.93. The molecule has 152 valence electrons. The maximum Gasteiger partial charge on any atom is 0.246 e. The monoisotopic (exact) mass is 391 g/mol. The van der Waals surface area contributed by atoms with Gasteiger partial charge in [0.25, 0.3) is 0 Å². The van der Waals surface area contributed by atoms with Crippen LogP contribution >= 0.6 is 0 Å². The molecule has 5 nitrogen and oxygen atoms in total. The summed E-state index contributed by atoms with van der Waals surface area (Å²) in [5, 5.41) is 3.15. The molecule has 4 rings (SSSR count). The molecule has 2 aliphatic rings. The zero-order chi connectivity index (χ0) is 20.4. The maximum atomic E-state index is 13.4. The first kappa shape index (κ1) is 19.6. The van der Waals surface area contributed by atoms with Gasteiger partial charge in [-0.05, 0) is 49.4 Å². The Balaban J connectivity index is 1.52. The number of nitrogens with one attached hydrogen (secondary N) is 1. The van der Waals surface area contributed by atoms with Gasteiger partial charge in [-0.1, -0.05) is 42.5 Å².